The van der Waals surface area contributed by atoms with Crippen molar-refractivity contribution in [2.75, 3.05) is 12.4 Å². The van der Waals surface area contributed by atoms with Crippen molar-refractivity contribution in [2.45, 2.75) is 20.4 Å². The lowest BCUT2D eigenvalue weighted by molar-refractivity contribution is 0.386. The van der Waals surface area contributed by atoms with Crippen LogP contribution in [0.25, 0.3) is 0 Å². The van der Waals surface area contributed by atoms with Gasteiger partial charge in [0.2, 0.25) is 0 Å². The van der Waals surface area contributed by atoms with Crippen molar-refractivity contribution in [2.24, 2.45) is 0 Å². The number of halogens is 1. The lowest BCUT2D eigenvalue weighted by Gasteiger charge is -2.10. The first-order chi connectivity index (χ1) is 9.08. The van der Waals surface area contributed by atoms with Crippen molar-refractivity contribution in [1.29, 1.82) is 0 Å². The van der Waals surface area contributed by atoms with Gasteiger partial charge in [-0.3, -0.25) is 0 Å². The summed E-state index contributed by atoms with van der Waals surface area (Å²) in [4.78, 5) is 0. The third kappa shape index (κ3) is 3.47. The zero-order valence-electron chi connectivity index (χ0n) is 11.5. The van der Waals surface area contributed by atoms with Crippen molar-refractivity contribution >= 4 is 5.69 Å². The van der Waals surface area contributed by atoms with Gasteiger partial charge in [-0.15, -0.1) is 0 Å². The third-order valence-electron chi connectivity index (χ3n) is 2.93. The van der Waals surface area contributed by atoms with Gasteiger partial charge < -0.3 is 10.1 Å². The summed E-state index contributed by atoms with van der Waals surface area (Å²) in [5.41, 5.74) is 4.36. The fourth-order valence-electron chi connectivity index (χ4n) is 2.10. The molecule has 0 fully saturated rings. The molecule has 3 heteroatoms. The average Bonchev–Trinajstić information content (AvgIpc) is 2.35. The molecule has 0 atom stereocenters. The molecule has 0 radical (unpaired) electrons. The minimum Gasteiger partial charge on any atom is -0.494 e. The summed E-state index contributed by atoms with van der Waals surface area (Å²) in [6.45, 7) is 4.71. The van der Waals surface area contributed by atoms with E-state index in [0.717, 1.165) is 11.3 Å². The van der Waals surface area contributed by atoms with Gasteiger partial charge in [-0.1, -0.05) is 12.1 Å². The van der Waals surface area contributed by atoms with E-state index in [9.17, 15) is 4.39 Å². The molecule has 0 saturated carbocycles. The van der Waals surface area contributed by atoms with Crippen molar-refractivity contribution < 1.29 is 9.13 Å². The van der Waals surface area contributed by atoms with Crippen LogP contribution in [0.3, 0.4) is 0 Å². The van der Waals surface area contributed by atoms with E-state index >= 15 is 0 Å². The normalized spacial score (nSPS) is 10.3. The Morgan fingerprint density at radius 3 is 2.32 bits per heavy atom. The molecule has 100 valence electrons. The van der Waals surface area contributed by atoms with Crippen molar-refractivity contribution in [1.82, 2.24) is 0 Å². The van der Waals surface area contributed by atoms with Crippen LogP contribution in [0.1, 0.15) is 16.7 Å². The maximum absolute atomic E-state index is 13.6. The molecule has 0 aliphatic rings. The standard InChI is InChI=1S/C16H18FNO/c1-11-6-12(2)8-14(7-11)18-10-13-4-5-16(19-3)15(17)9-13/h4-9,18H,10H2,1-3H3. The molecule has 2 aromatic carbocycles. The van der Waals surface area contributed by atoms with Crippen LogP contribution in [0, 0.1) is 19.7 Å². The quantitative estimate of drug-likeness (QED) is 0.894. The molecular weight excluding hydrogens is 241 g/mol. The molecule has 0 bridgehead atoms. The molecule has 0 heterocycles. The van der Waals surface area contributed by atoms with Crippen LogP contribution >= 0.6 is 0 Å². The first-order valence-electron chi connectivity index (χ1n) is 6.23. The maximum Gasteiger partial charge on any atom is 0.165 e. The molecular formula is C16H18FNO. The van der Waals surface area contributed by atoms with Gasteiger partial charge in [-0.05, 0) is 54.8 Å². The highest BCUT2D eigenvalue weighted by molar-refractivity contribution is 5.48. The zero-order chi connectivity index (χ0) is 13.8. The van der Waals surface area contributed by atoms with Crippen molar-refractivity contribution in [3.8, 4) is 5.75 Å². The Balaban J connectivity index is 2.08. The summed E-state index contributed by atoms with van der Waals surface area (Å²) in [7, 11) is 1.46. The summed E-state index contributed by atoms with van der Waals surface area (Å²) < 4.78 is 18.5. The van der Waals surface area contributed by atoms with Gasteiger partial charge in [0.1, 0.15) is 0 Å². The first-order valence-corrected chi connectivity index (χ1v) is 6.23. The molecule has 0 unspecified atom stereocenters. The second kappa shape index (κ2) is 5.74. The first kappa shape index (κ1) is 13.4. The Kier molecular flexibility index (Phi) is 4.05. The minimum absolute atomic E-state index is 0.273. The molecule has 1 N–H and O–H groups in total. The van der Waals surface area contributed by atoms with Gasteiger partial charge in [-0.25, -0.2) is 4.39 Å². The second-order valence-electron chi connectivity index (χ2n) is 4.70. The number of nitrogens with one attached hydrogen (secondary N) is 1. The molecule has 2 nitrogen and oxygen atoms in total. The maximum atomic E-state index is 13.6. The summed E-state index contributed by atoms with van der Waals surface area (Å²) in [6, 6.07) is 11.3. The Hall–Kier alpha value is -2.03. The lowest BCUT2D eigenvalue weighted by Crippen LogP contribution is -2.01. The number of aryl methyl sites for hydroxylation is 2. The summed E-state index contributed by atoms with van der Waals surface area (Å²) >= 11 is 0. The van der Waals surface area contributed by atoms with E-state index in [1.165, 1.54) is 24.3 Å². The smallest absolute Gasteiger partial charge is 0.165 e. The van der Waals surface area contributed by atoms with Gasteiger partial charge in [0.25, 0.3) is 0 Å². The number of hydrogen-bond acceptors (Lipinski definition) is 2. The van der Waals surface area contributed by atoms with Crippen LogP contribution in [-0.2, 0) is 6.54 Å². The highest BCUT2D eigenvalue weighted by Gasteiger charge is 2.03. The Labute approximate surface area is 113 Å². The van der Waals surface area contributed by atoms with E-state index in [-0.39, 0.29) is 11.6 Å². The summed E-state index contributed by atoms with van der Waals surface area (Å²) in [6.07, 6.45) is 0. The number of hydrogen-bond donors (Lipinski definition) is 1. The molecule has 0 spiro atoms. The van der Waals surface area contributed by atoms with Crippen LogP contribution in [0.4, 0.5) is 10.1 Å². The second-order valence-corrected chi connectivity index (χ2v) is 4.70. The number of rotatable bonds is 4. The molecule has 0 aliphatic heterocycles. The SMILES string of the molecule is COc1ccc(CNc2cc(C)cc(C)c2)cc1F. The molecule has 0 amide bonds. The predicted octanol–water partition coefficient (Wildman–Crippen LogP) is 4.06. The predicted molar refractivity (Wildman–Crippen MR) is 76.2 cm³/mol. The van der Waals surface area contributed by atoms with Crippen molar-refractivity contribution in [3.05, 3.63) is 58.9 Å². The van der Waals surface area contributed by atoms with E-state index in [2.05, 4.69) is 37.4 Å². The minimum atomic E-state index is -0.331. The van der Waals surface area contributed by atoms with Gasteiger partial charge in [-0.2, -0.15) is 0 Å². The molecule has 0 aliphatic carbocycles. The number of benzene rings is 2. The van der Waals surface area contributed by atoms with Crippen LogP contribution in [0.5, 0.6) is 5.75 Å². The van der Waals surface area contributed by atoms with E-state index < -0.39 is 0 Å². The highest BCUT2D eigenvalue weighted by atomic mass is 19.1. The Bertz CT molecular complexity index is 561. The van der Waals surface area contributed by atoms with E-state index in [1.54, 1.807) is 6.07 Å². The van der Waals surface area contributed by atoms with Gasteiger partial charge >= 0.3 is 0 Å². The monoisotopic (exact) mass is 259 g/mol. The van der Waals surface area contributed by atoms with E-state index in [0.29, 0.717) is 6.54 Å². The van der Waals surface area contributed by atoms with Gasteiger partial charge in [0.15, 0.2) is 11.6 Å². The van der Waals surface area contributed by atoms with Gasteiger partial charge in [0.05, 0.1) is 7.11 Å². The summed E-state index contributed by atoms with van der Waals surface area (Å²) in [5, 5.41) is 3.30. The van der Waals surface area contributed by atoms with Gasteiger partial charge in [0, 0.05) is 12.2 Å². The van der Waals surface area contributed by atoms with E-state index in [4.69, 9.17) is 4.74 Å². The lowest BCUT2D eigenvalue weighted by atomic mass is 10.1. The highest BCUT2D eigenvalue weighted by Crippen LogP contribution is 2.19. The molecule has 19 heavy (non-hydrogen) atoms. The van der Waals surface area contributed by atoms with Crippen LogP contribution < -0.4 is 10.1 Å². The third-order valence-corrected chi connectivity index (χ3v) is 2.93. The summed E-state index contributed by atoms with van der Waals surface area (Å²) in [5.74, 6) is -0.0580. The molecule has 0 saturated heterocycles. The Morgan fingerprint density at radius 1 is 1.05 bits per heavy atom. The van der Waals surface area contributed by atoms with Crippen LogP contribution in [-0.4, -0.2) is 7.11 Å². The molecule has 0 aromatic heterocycles. The number of methoxy groups -OCH3 is 1. The Morgan fingerprint density at radius 2 is 1.74 bits per heavy atom. The van der Waals surface area contributed by atoms with Crippen molar-refractivity contribution in [3.63, 3.8) is 0 Å². The number of ether oxygens (including phenoxy) is 1. The van der Waals surface area contributed by atoms with E-state index in [1.807, 2.05) is 6.07 Å². The molecule has 2 aromatic rings. The topological polar surface area (TPSA) is 21.3 Å². The molecule has 2 rings (SSSR count). The average molecular weight is 259 g/mol. The zero-order valence-corrected chi connectivity index (χ0v) is 11.5. The van der Waals surface area contributed by atoms with Crippen LogP contribution in [0.15, 0.2) is 36.4 Å². The largest absolute Gasteiger partial charge is 0.494 e. The van der Waals surface area contributed by atoms with Crippen LogP contribution in [0.2, 0.25) is 0 Å². The fraction of sp³-hybridized carbons (Fsp3) is 0.250. The fourth-order valence-corrected chi connectivity index (χ4v) is 2.10. The number of anilines is 1.